The molecule has 0 atom stereocenters. The Balaban J connectivity index is 0. The molecule has 0 spiro atoms. The van der Waals surface area contributed by atoms with Crippen LogP contribution >= 0.6 is 7.60 Å². The monoisotopic (exact) mass is 870 g/mol. The zero-order valence-electron chi connectivity index (χ0n) is 33.1. The van der Waals surface area contributed by atoms with Crippen molar-refractivity contribution >= 4 is 21.1 Å². The Morgan fingerprint density at radius 1 is 0.438 bits per heavy atom. The molecule has 0 rings (SSSR count). The van der Waals surface area contributed by atoms with E-state index >= 15 is 0 Å². The maximum absolute atomic E-state index is 13.6. The van der Waals surface area contributed by atoms with Crippen molar-refractivity contribution in [2.75, 3.05) is 19.4 Å². The minimum Gasteiger partial charge on any atom is -1.00 e. The van der Waals surface area contributed by atoms with Crippen LogP contribution in [-0.4, -0.2) is 32.9 Å². The van der Waals surface area contributed by atoms with Crippen LogP contribution < -0.4 is 24.0 Å². The summed E-state index contributed by atoms with van der Waals surface area (Å²) in [7, 11) is -2.97. The van der Waals surface area contributed by atoms with Gasteiger partial charge in [-0.1, -0.05) is 102 Å². The smallest absolute Gasteiger partial charge is 1.00 e. The average molecular weight is 871 g/mol. The molecule has 3 nitrogen and oxygen atoms in total. The van der Waals surface area contributed by atoms with Crippen LogP contribution in [-0.2, 0) is 13.6 Å². The Morgan fingerprint density at radius 3 is 1.04 bits per heavy atom. The van der Waals surface area contributed by atoms with Gasteiger partial charge in [0.05, 0.1) is 0 Å². The van der Waals surface area contributed by atoms with Crippen molar-refractivity contribution < 1.29 is 37.6 Å². The Bertz CT molecular complexity index is 689. The second kappa shape index (κ2) is 39.1. The van der Waals surface area contributed by atoms with E-state index in [9.17, 15) is 4.57 Å². The summed E-state index contributed by atoms with van der Waals surface area (Å²) in [5, 5.41) is 1.22. The van der Waals surface area contributed by atoms with Gasteiger partial charge < -0.3 is 24.0 Å². The fourth-order valence-corrected chi connectivity index (χ4v) is 10.6. The number of allylic oxidation sites excluding steroid dienone is 4. The summed E-state index contributed by atoms with van der Waals surface area (Å²) < 4.78 is 25.6. The van der Waals surface area contributed by atoms with Crippen molar-refractivity contribution in [1.82, 2.24) is 0 Å². The van der Waals surface area contributed by atoms with Gasteiger partial charge in [-0.15, -0.1) is 0 Å². The van der Waals surface area contributed by atoms with E-state index in [4.69, 9.17) is 9.05 Å². The van der Waals surface area contributed by atoms with Gasteiger partial charge in [0.15, 0.2) is 0 Å². The SMILES string of the molecule is CCCCCCCC/C=C\CCCCCCCCOP(=O)(CCC[As+](C)(C)C)OCCCCCCCC/C=C\CCCCCCCC.[I-]. The van der Waals surface area contributed by atoms with E-state index < -0.39 is 21.1 Å². The fraction of sp³-hybridized carbons (Fsp3) is 0.905. The molecule has 0 heterocycles. The van der Waals surface area contributed by atoms with Crippen LogP contribution in [0.3, 0.4) is 0 Å². The third kappa shape index (κ3) is 41.3. The molecular weight excluding hydrogens is 785 g/mol. The van der Waals surface area contributed by atoms with Gasteiger partial charge in [0.25, 0.3) is 0 Å². The molecule has 48 heavy (non-hydrogen) atoms. The summed E-state index contributed by atoms with van der Waals surface area (Å²) in [6.45, 7) is 5.74. The van der Waals surface area contributed by atoms with Crippen molar-refractivity contribution in [3.05, 3.63) is 24.3 Å². The van der Waals surface area contributed by atoms with Gasteiger partial charge in [-0.2, -0.15) is 0 Å². The number of hydrogen-bond donors (Lipinski definition) is 0. The minimum atomic E-state index is -2.97. The number of unbranched alkanes of at least 4 members (excludes halogenated alkanes) is 24. The number of rotatable bonds is 38. The quantitative estimate of drug-likeness (QED) is 0.0204. The molecule has 0 bridgehead atoms. The number of halogens is 1. The van der Waals surface area contributed by atoms with E-state index in [1.54, 1.807) is 0 Å². The normalized spacial score (nSPS) is 12.4. The molecule has 0 aliphatic rings. The molecule has 0 aromatic heterocycles. The first-order chi connectivity index (χ1) is 22.8. The number of hydrogen-bond acceptors (Lipinski definition) is 3. The molecule has 0 aromatic carbocycles. The zero-order valence-corrected chi connectivity index (χ0v) is 38.1. The second-order valence-corrected chi connectivity index (χ2v) is 28.0. The molecule has 0 amide bonds. The molecule has 0 aromatic rings. The summed E-state index contributed by atoms with van der Waals surface area (Å²) in [6.07, 6.45) is 47.5. The van der Waals surface area contributed by atoms with Crippen molar-refractivity contribution in [2.24, 2.45) is 0 Å². The predicted octanol–water partition coefficient (Wildman–Crippen LogP) is 13.0. The van der Waals surface area contributed by atoms with Crippen LogP contribution in [0.15, 0.2) is 24.3 Å². The van der Waals surface area contributed by atoms with E-state index in [2.05, 4.69) is 55.3 Å². The van der Waals surface area contributed by atoms with E-state index in [0.717, 1.165) is 19.3 Å². The molecule has 6 heteroatoms. The van der Waals surface area contributed by atoms with E-state index in [-0.39, 0.29) is 24.0 Å². The van der Waals surface area contributed by atoms with Crippen LogP contribution in [0.1, 0.15) is 200 Å². The molecule has 0 aliphatic heterocycles. The van der Waals surface area contributed by atoms with E-state index in [1.807, 2.05) is 0 Å². The van der Waals surface area contributed by atoms with E-state index in [0.29, 0.717) is 19.4 Å². The molecule has 0 saturated carbocycles. The summed E-state index contributed by atoms with van der Waals surface area (Å²) in [5.74, 6) is 0. The topological polar surface area (TPSA) is 35.5 Å². The first kappa shape index (κ1) is 51.0. The minimum absolute atomic E-state index is 0. The van der Waals surface area contributed by atoms with Crippen LogP contribution in [0.2, 0.25) is 22.3 Å². The first-order valence-electron chi connectivity index (χ1n) is 20.8. The molecule has 0 N–H and O–H groups in total. The Morgan fingerprint density at radius 2 is 0.729 bits per heavy atom. The molecule has 0 fully saturated rings. The van der Waals surface area contributed by atoms with Gasteiger partial charge in [0.1, 0.15) is 0 Å². The van der Waals surface area contributed by atoms with Crippen LogP contribution in [0.4, 0.5) is 0 Å². The third-order valence-corrected chi connectivity index (χ3v) is 14.6. The Labute approximate surface area is 322 Å². The Kier molecular flexibility index (Phi) is 41.6. The first-order valence-corrected chi connectivity index (χ1v) is 29.5. The Hall–Kier alpha value is 0.918. The molecule has 0 aliphatic carbocycles. The van der Waals surface area contributed by atoms with Crippen molar-refractivity contribution in [2.45, 2.75) is 222 Å². The molecule has 0 radical (unpaired) electrons. The predicted molar refractivity (Wildman–Crippen MR) is 216 cm³/mol. The van der Waals surface area contributed by atoms with Crippen molar-refractivity contribution in [1.29, 1.82) is 0 Å². The van der Waals surface area contributed by atoms with Gasteiger partial charge in [0, 0.05) is 0 Å². The van der Waals surface area contributed by atoms with Gasteiger partial charge in [-0.25, -0.2) is 0 Å². The van der Waals surface area contributed by atoms with Gasteiger partial charge >= 0.3 is 160 Å². The standard InChI is InChI=1S/C42H85AsO3P.HI/c1-6-8-10-12-14-16-18-20-22-24-26-28-30-32-34-36-40-45-47(44,42-38-39-43(3,4)5)46-41-37-35-33-31-29-27-25-23-21-19-17-15-13-11-9-7-2;/h20-23H,6-19,24-42H2,1-5H3;1H/q+1;/p-1/b22-20-,23-21-;. The maximum atomic E-state index is 13.6. The fourth-order valence-electron chi connectivity index (χ4n) is 6.01. The van der Waals surface area contributed by atoms with E-state index in [1.165, 1.54) is 172 Å². The van der Waals surface area contributed by atoms with Crippen molar-refractivity contribution in [3.63, 3.8) is 0 Å². The summed E-state index contributed by atoms with van der Waals surface area (Å²) >= 11 is -1.49. The van der Waals surface area contributed by atoms with Crippen LogP contribution in [0.5, 0.6) is 0 Å². The van der Waals surface area contributed by atoms with Crippen LogP contribution in [0, 0.1) is 0 Å². The molecule has 288 valence electrons. The second-order valence-electron chi connectivity index (χ2n) is 15.2. The van der Waals surface area contributed by atoms with Gasteiger partial charge in [0.2, 0.25) is 0 Å². The van der Waals surface area contributed by atoms with Gasteiger partial charge in [-0.3, -0.25) is 0 Å². The summed E-state index contributed by atoms with van der Waals surface area (Å²) in [4.78, 5) is 0. The molecular formula is C42H85AsIO3P. The van der Waals surface area contributed by atoms with Crippen molar-refractivity contribution in [3.8, 4) is 0 Å². The molecule has 0 saturated heterocycles. The molecule has 0 unspecified atom stereocenters. The summed E-state index contributed by atoms with van der Waals surface area (Å²) in [5.41, 5.74) is 7.26. The third-order valence-electron chi connectivity index (χ3n) is 9.15. The van der Waals surface area contributed by atoms with Gasteiger partial charge in [-0.05, 0) is 38.5 Å². The summed E-state index contributed by atoms with van der Waals surface area (Å²) in [6, 6.07) is 0. The van der Waals surface area contributed by atoms with Crippen LogP contribution in [0.25, 0.3) is 0 Å². The zero-order chi connectivity index (χ0) is 34.6. The average Bonchev–Trinajstić information content (AvgIpc) is 3.03.